The molecule has 1 saturated heterocycles. The zero-order valence-corrected chi connectivity index (χ0v) is 9.53. The largest absolute Gasteiger partial charge is 0.494 e. The summed E-state index contributed by atoms with van der Waals surface area (Å²) in [5.74, 6) is 0.442. The van der Waals surface area contributed by atoms with Crippen molar-refractivity contribution in [1.82, 2.24) is 10.6 Å². The Hall–Kier alpha value is -2.04. The second-order valence-electron chi connectivity index (χ2n) is 3.81. The van der Waals surface area contributed by atoms with E-state index < -0.39 is 12.1 Å². The van der Waals surface area contributed by atoms with E-state index in [4.69, 9.17) is 4.74 Å². The maximum atomic E-state index is 11.4. The Bertz CT molecular complexity index is 428. The second-order valence-corrected chi connectivity index (χ2v) is 3.81. The van der Waals surface area contributed by atoms with E-state index in [1.807, 2.05) is 6.92 Å². The summed E-state index contributed by atoms with van der Waals surface area (Å²) >= 11 is 0. The monoisotopic (exact) mass is 234 g/mol. The molecule has 90 valence electrons. The lowest BCUT2D eigenvalue weighted by Crippen LogP contribution is -2.22. The first-order valence-corrected chi connectivity index (χ1v) is 5.55. The Labute approximate surface area is 99.2 Å². The van der Waals surface area contributed by atoms with Crippen LogP contribution in [0.15, 0.2) is 24.3 Å². The minimum Gasteiger partial charge on any atom is -0.494 e. The van der Waals surface area contributed by atoms with E-state index in [1.165, 1.54) is 0 Å². The third-order valence-electron chi connectivity index (χ3n) is 2.46. The van der Waals surface area contributed by atoms with Gasteiger partial charge in [-0.1, -0.05) is 19.1 Å². The Morgan fingerprint density at radius 2 is 1.94 bits per heavy atom. The highest BCUT2D eigenvalue weighted by Crippen LogP contribution is 2.20. The molecule has 1 aromatic carbocycles. The SMILES string of the molecule is CCCOc1ccc(C2NC(=O)NC2=O)cc1. The predicted octanol–water partition coefficient (Wildman–Crippen LogP) is 1.36. The van der Waals surface area contributed by atoms with Gasteiger partial charge in [0.2, 0.25) is 0 Å². The van der Waals surface area contributed by atoms with Crippen LogP contribution in [-0.2, 0) is 4.79 Å². The Kier molecular flexibility index (Phi) is 3.27. The van der Waals surface area contributed by atoms with Gasteiger partial charge < -0.3 is 10.1 Å². The smallest absolute Gasteiger partial charge is 0.322 e. The van der Waals surface area contributed by atoms with Gasteiger partial charge in [0.25, 0.3) is 5.91 Å². The second kappa shape index (κ2) is 4.86. The van der Waals surface area contributed by atoms with Crippen molar-refractivity contribution in [2.75, 3.05) is 6.61 Å². The molecular weight excluding hydrogens is 220 g/mol. The van der Waals surface area contributed by atoms with Gasteiger partial charge in [0.15, 0.2) is 0 Å². The van der Waals surface area contributed by atoms with E-state index in [9.17, 15) is 9.59 Å². The predicted molar refractivity (Wildman–Crippen MR) is 61.6 cm³/mol. The minimum atomic E-state index is -0.595. The third kappa shape index (κ3) is 2.55. The van der Waals surface area contributed by atoms with Crippen LogP contribution >= 0.6 is 0 Å². The molecule has 1 aromatic rings. The number of ether oxygens (including phenoxy) is 1. The van der Waals surface area contributed by atoms with Gasteiger partial charge in [0.05, 0.1) is 6.61 Å². The molecule has 1 unspecified atom stereocenters. The van der Waals surface area contributed by atoms with Crippen molar-refractivity contribution in [1.29, 1.82) is 0 Å². The molecule has 2 N–H and O–H groups in total. The highest BCUT2D eigenvalue weighted by Gasteiger charge is 2.30. The van der Waals surface area contributed by atoms with E-state index in [0.29, 0.717) is 6.61 Å². The molecule has 3 amide bonds. The molecule has 0 bridgehead atoms. The molecule has 1 fully saturated rings. The highest BCUT2D eigenvalue weighted by molar-refractivity contribution is 6.04. The summed E-state index contributed by atoms with van der Waals surface area (Å²) in [5, 5.41) is 4.74. The molecule has 1 heterocycles. The first-order valence-electron chi connectivity index (χ1n) is 5.55. The molecule has 0 radical (unpaired) electrons. The summed E-state index contributed by atoms with van der Waals surface area (Å²) in [7, 11) is 0. The first kappa shape index (κ1) is 11.4. The van der Waals surface area contributed by atoms with Gasteiger partial charge in [-0.25, -0.2) is 4.79 Å². The summed E-state index contributed by atoms with van der Waals surface area (Å²) < 4.78 is 5.43. The van der Waals surface area contributed by atoms with Gasteiger partial charge in [0.1, 0.15) is 11.8 Å². The van der Waals surface area contributed by atoms with E-state index in [0.717, 1.165) is 17.7 Å². The molecule has 5 nitrogen and oxygen atoms in total. The maximum Gasteiger partial charge on any atom is 0.322 e. The van der Waals surface area contributed by atoms with Crippen LogP contribution in [0.4, 0.5) is 4.79 Å². The Balaban J connectivity index is 2.07. The van der Waals surface area contributed by atoms with E-state index in [-0.39, 0.29) is 5.91 Å². The number of imide groups is 1. The summed E-state index contributed by atoms with van der Waals surface area (Å²) in [6.45, 7) is 2.70. The quantitative estimate of drug-likeness (QED) is 0.773. The topological polar surface area (TPSA) is 67.4 Å². The molecule has 17 heavy (non-hydrogen) atoms. The number of hydrogen-bond donors (Lipinski definition) is 2. The van der Waals surface area contributed by atoms with Gasteiger partial charge in [-0.2, -0.15) is 0 Å². The van der Waals surface area contributed by atoms with Gasteiger partial charge in [-0.05, 0) is 24.1 Å². The molecular formula is C12H14N2O3. The third-order valence-corrected chi connectivity index (χ3v) is 2.46. The highest BCUT2D eigenvalue weighted by atomic mass is 16.5. The summed E-state index contributed by atoms with van der Waals surface area (Å²) in [5.41, 5.74) is 0.747. The van der Waals surface area contributed by atoms with E-state index in [2.05, 4.69) is 10.6 Å². The lowest BCUT2D eigenvalue weighted by molar-refractivity contribution is -0.120. The van der Waals surface area contributed by atoms with Gasteiger partial charge in [-0.15, -0.1) is 0 Å². The van der Waals surface area contributed by atoms with Crippen molar-refractivity contribution in [3.8, 4) is 5.75 Å². The fraction of sp³-hybridized carbons (Fsp3) is 0.333. The van der Waals surface area contributed by atoms with E-state index >= 15 is 0 Å². The van der Waals surface area contributed by atoms with Crippen LogP contribution in [0, 0.1) is 0 Å². The Morgan fingerprint density at radius 1 is 1.24 bits per heavy atom. The Morgan fingerprint density at radius 3 is 2.47 bits per heavy atom. The standard InChI is InChI=1S/C12H14N2O3/c1-2-7-17-9-5-3-8(4-6-9)10-11(15)14-12(16)13-10/h3-6,10H,2,7H2,1H3,(H2,13,14,15,16). The van der Waals surface area contributed by atoms with Crippen molar-refractivity contribution in [2.45, 2.75) is 19.4 Å². The average molecular weight is 234 g/mol. The van der Waals surface area contributed by atoms with Gasteiger partial charge in [0, 0.05) is 0 Å². The summed E-state index contributed by atoms with van der Waals surface area (Å²) in [6.07, 6.45) is 0.947. The van der Waals surface area contributed by atoms with Crippen LogP contribution < -0.4 is 15.4 Å². The molecule has 5 heteroatoms. The minimum absolute atomic E-state index is 0.322. The normalized spacial score (nSPS) is 18.8. The number of carbonyl (C=O) groups is 2. The number of hydrogen-bond acceptors (Lipinski definition) is 3. The van der Waals surface area contributed by atoms with Crippen molar-refractivity contribution in [3.05, 3.63) is 29.8 Å². The molecule has 0 spiro atoms. The van der Waals surface area contributed by atoms with Crippen LogP contribution in [-0.4, -0.2) is 18.5 Å². The van der Waals surface area contributed by atoms with E-state index in [1.54, 1.807) is 24.3 Å². The summed E-state index contributed by atoms with van der Waals surface area (Å²) in [4.78, 5) is 22.4. The number of benzene rings is 1. The van der Waals surface area contributed by atoms with Crippen molar-refractivity contribution in [2.24, 2.45) is 0 Å². The molecule has 1 atom stereocenters. The van der Waals surface area contributed by atoms with Crippen LogP contribution in [0.2, 0.25) is 0 Å². The lowest BCUT2D eigenvalue weighted by atomic mass is 10.1. The van der Waals surface area contributed by atoms with Crippen LogP contribution in [0.5, 0.6) is 5.75 Å². The molecule has 0 saturated carbocycles. The maximum absolute atomic E-state index is 11.4. The zero-order chi connectivity index (χ0) is 12.3. The molecule has 0 aliphatic carbocycles. The van der Waals surface area contributed by atoms with Gasteiger partial charge in [-0.3, -0.25) is 10.1 Å². The molecule has 2 rings (SSSR count). The fourth-order valence-electron chi connectivity index (χ4n) is 1.63. The van der Waals surface area contributed by atoms with Crippen LogP contribution in [0.25, 0.3) is 0 Å². The van der Waals surface area contributed by atoms with Crippen LogP contribution in [0.1, 0.15) is 24.9 Å². The number of carbonyl (C=O) groups excluding carboxylic acids is 2. The fourth-order valence-corrected chi connectivity index (χ4v) is 1.63. The van der Waals surface area contributed by atoms with Crippen molar-refractivity contribution in [3.63, 3.8) is 0 Å². The van der Waals surface area contributed by atoms with Crippen LogP contribution in [0.3, 0.4) is 0 Å². The lowest BCUT2D eigenvalue weighted by Gasteiger charge is -2.09. The zero-order valence-electron chi connectivity index (χ0n) is 9.53. The number of nitrogens with one attached hydrogen (secondary N) is 2. The summed E-state index contributed by atoms with van der Waals surface area (Å²) in [6, 6.07) is 6.10. The molecule has 1 aliphatic rings. The number of urea groups is 1. The molecule has 1 aliphatic heterocycles. The number of rotatable bonds is 4. The molecule has 0 aromatic heterocycles. The average Bonchev–Trinajstić information content (AvgIpc) is 2.66. The number of amides is 3. The van der Waals surface area contributed by atoms with Crippen molar-refractivity contribution >= 4 is 11.9 Å². The van der Waals surface area contributed by atoms with Crippen molar-refractivity contribution < 1.29 is 14.3 Å². The first-order chi connectivity index (χ1) is 8.20. The van der Waals surface area contributed by atoms with Gasteiger partial charge >= 0.3 is 6.03 Å².